The minimum atomic E-state index is 0.210. The average Bonchev–Trinajstić information content (AvgIpc) is 2.76. The summed E-state index contributed by atoms with van der Waals surface area (Å²) in [6.07, 6.45) is 12.1. The maximum atomic E-state index is 5.99. The van der Waals surface area contributed by atoms with Crippen molar-refractivity contribution >= 4 is 0 Å². The Kier molecular flexibility index (Phi) is 6.24. The fourth-order valence-electron chi connectivity index (χ4n) is 1.95. The molecule has 2 N–H and O–H groups in total. The Morgan fingerprint density at radius 1 is 1.19 bits per heavy atom. The van der Waals surface area contributed by atoms with E-state index in [2.05, 4.69) is 36.9 Å². The third-order valence-corrected chi connectivity index (χ3v) is 3.16. The van der Waals surface area contributed by atoms with E-state index in [0.717, 1.165) is 13.0 Å². The van der Waals surface area contributed by atoms with Crippen molar-refractivity contribution in [1.29, 1.82) is 0 Å². The average molecular weight is 222 g/mol. The van der Waals surface area contributed by atoms with E-state index < -0.39 is 0 Å². The lowest BCUT2D eigenvalue weighted by molar-refractivity contribution is 0.568. The Balaban J connectivity index is 2.24. The fraction of sp³-hybridized carbons (Fsp3) is 0.714. The lowest BCUT2D eigenvalue weighted by atomic mass is 10.1. The van der Waals surface area contributed by atoms with Crippen molar-refractivity contribution in [2.75, 3.05) is 0 Å². The van der Waals surface area contributed by atoms with E-state index in [-0.39, 0.29) is 6.04 Å². The summed E-state index contributed by atoms with van der Waals surface area (Å²) < 4.78 is 2.27. The third kappa shape index (κ3) is 4.40. The third-order valence-electron chi connectivity index (χ3n) is 3.16. The normalized spacial score (nSPS) is 12.9. The van der Waals surface area contributed by atoms with Crippen molar-refractivity contribution in [3.63, 3.8) is 0 Å². The highest BCUT2D eigenvalue weighted by Crippen LogP contribution is 2.14. The van der Waals surface area contributed by atoms with Crippen LogP contribution < -0.4 is 5.73 Å². The number of hydrogen-bond donors (Lipinski definition) is 1. The van der Waals surface area contributed by atoms with Crippen LogP contribution in [0.4, 0.5) is 0 Å². The van der Waals surface area contributed by atoms with Gasteiger partial charge in [-0.25, -0.2) is 0 Å². The van der Waals surface area contributed by atoms with E-state index in [1.807, 2.05) is 0 Å². The number of nitrogens with two attached hydrogens (primary N) is 1. The lowest BCUT2D eigenvalue weighted by Crippen LogP contribution is -2.07. The lowest BCUT2D eigenvalue weighted by Gasteiger charge is -2.05. The van der Waals surface area contributed by atoms with Crippen LogP contribution in [0.25, 0.3) is 0 Å². The molecular weight excluding hydrogens is 196 g/mol. The molecule has 0 saturated carbocycles. The van der Waals surface area contributed by atoms with Crippen LogP contribution in [0.15, 0.2) is 18.5 Å². The van der Waals surface area contributed by atoms with Crippen LogP contribution >= 0.6 is 0 Å². The Morgan fingerprint density at radius 2 is 1.94 bits per heavy atom. The van der Waals surface area contributed by atoms with Crippen molar-refractivity contribution in [2.45, 2.75) is 65.0 Å². The van der Waals surface area contributed by atoms with Gasteiger partial charge in [-0.15, -0.1) is 0 Å². The van der Waals surface area contributed by atoms with Gasteiger partial charge in [0.15, 0.2) is 0 Å². The molecular formula is C14H26N2. The van der Waals surface area contributed by atoms with Crippen LogP contribution in [-0.2, 0) is 6.54 Å². The molecule has 1 heterocycles. The standard InChI is InChI=1S/C14H26N2/c1-3-5-6-7-8-10-16-11-9-13(12-16)14(15)4-2/h9,11-12,14H,3-8,10,15H2,1-2H3. The molecule has 0 fully saturated rings. The summed E-state index contributed by atoms with van der Waals surface area (Å²) in [5.41, 5.74) is 7.26. The highest BCUT2D eigenvalue weighted by Gasteiger charge is 2.04. The first kappa shape index (κ1) is 13.3. The van der Waals surface area contributed by atoms with Crippen molar-refractivity contribution in [2.24, 2.45) is 5.73 Å². The van der Waals surface area contributed by atoms with E-state index in [1.165, 1.54) is 37.7 Å². The monoisotopic (exact) mass is 222 g/mol. The molecule has 1 aromatic heterocycles. The topological polar surface area (TPSA) is 30.9 Å². The van der Waals surface area contributed by atoms with Gasteiger partial charge in [-0.05, 0) is 24.5 Å². The van der Waals surface area contributed by atoms with Gasteiger partial charge in [0.1, 0.15) is 0 Å². The molecule has 1 atom stereocenters. The van der Waals surface area contributed by atoms with Crippen molar-refractivity contribution in [3.05, 3.63) is 24.0 Å². The van der Waals surface area contributed by atoms with Gasteiger partial charge in [0.25, 0.3) is 0 Å². The quantitative estimate of drug-likeness (QED) is 0.665. The van der Waals surface area contributed by atoms with Crippen LogP contribution in [-0.4, -0.2) is 4.57 Å². The number of aryl methyl sites for hydroxylation is 1. The van der Waals surface area contributed by atoms with Crippen LogP contribution in [0.2, 0.25) is 0 Å². The molecule has 2 nitrogen and oxygen atoms in total. The number of unbranched alkanes of at least 4 members (excludes halogenated alkanes) is 4. The minimum Gasteiger partial charge on any atom is -0.354 e. The van der Waals surface area contributed by atoms with E-state index in [4.69, 9.17) is 5.73 Å². The molecule has 2 heteroatoms. The van der Waals surface area contributed by atoms with Gasteiger partial charge in [-0.2, -0.15) is 0 Å². The van der Waals surface area contributed by atoms with E-state index >= 15 is 0 Å². The van der Waals surface area contributed by atoms with E-state index in [1.54, 1.807) is 0 Å². The molecule has 0 saturated heterocycles. The molecule has 0 aliphatic carbocycles. The molecule has 0 radical (unpaired) electrons. The van der Waals surface area contributed by atoms with Gasteiger partial charge in [-0.3, -0.25) is 0 Å². The van der Waals surface area contributed by atoms with Crippen LogP contribution in [0.1, 0.15) is 64.0 Å². The molecule has 0 aliphatic rings. The van der Waals surface area contributed by atoms with E-state index in [0.29, 0.717) is 0 Å². The summed E-state index contributed by atoms with van der Waals surface area (Å²) in [7, 11) is 0. The first-order chi connectivity index (χ1) is 7.77. The van der Waals surface area contributed by atoms with Crippen molar-refractivity contribution in [1.82, 2.24) is 4.57 Å². The van der Waals surface area contributed by atoms with Crippen molar-refractivity contribution < 1.29 is 0 Å². The van der Waals surface area contributed by atoms with Crippen LogP contribution in [0, 0.1) is 0 Å². The number of rotatable bonds is 8. The summed E-state index contributed by atoms with van der Waals surface area (Å²) in [6.45, 7) is 5.53. The molecule has 92 valence electrons. The molecule has 0 spiro atoms. The SMILES string of the molecule is CCCCCCCn1ccc(C(N)CC)c1. The zero-order valence-corrected chi connectivity index (χ0v) is 10.8. The molecule has 0 bridgehead atoms. The number of nitrogens with zero attached hydrogens (tertiary/aromatic N) is 1. The van der Waals surface area contributed by atoms with Gasteiger partial charge in [0.2, 0.25) is 0 Å². The summed E-state index contributed by atoms with van der Waals surface area (Å²) in [5, 5.41) is 0. The highest BCUT2D eigenvalue weighted by atomic mass is 14.9. The maximum Gasteiger partial charge on any atom is 0.0307 e. The maximum absolute atomic E-state index is 5.99. The van der Waals surface area contributed by atoms with Gasteiger partial charge in [0.05, 0.1) is 0 Å². The first-order valence-electron chi connectivity index (χ1n) is 6.69. The van der Waals surface area contributed by atoms with Crippen LogP contribution in [0.5, 0.6) is 0 Å². The number of aromatic nitrogens is 1. The summed E-state index contributed by atoms with van der Waals surface area (Å²) in [4.78, 5) is 0. The van der Waals surface area contributed by atoms with Crippen LogP contribution in [0.3, 0.4) is 0 Å². The van der Waals surface area contributed by atoms with Gasteiger partial charge in [-0.1, -0.05) is 39.5 Å². The number of hydrogen-bond acceptors (Lipinski definition) is 1. The zero-order chi connectivity index (χ0) is 11.8. The summed E-state index contributed by atoms with van der Waals surface area (Å²) in [5.74, 6) is 0. The Bertz CT molecular complexity index is 278. The largest absolute Gasteiger partial charge is 0.354 e. The Morgan fingerprint density at radius 3 is 2.62 bits per heavy atom. The second kappa shape index (κ2) is 7.50. The molecule has 1 rings (SSSR count). The second-order valence-corrected chi connectivity index (χ2v) is 4.61. The minimum absolute atomic E-state index is 0.210. The highest BCUT2D eigenvalue weighted by molar-refractivity contribution is 5.14. The second-order valence-electron chi connectivity index (χ2n) is 4.61. The fourth-order valence-corrected chi connectivity index (χ4v) is 1.95. The summed E-state index contributed by atoms with van der Waals surface area (Å²) in [6, 6.07) is 2.36. The Hall–Kier alpha value is -0.760. The van der Waals surface area contributed by atoms with Gasteiger partial charge in [0, 0.05) is 25.0 Å². The molecule has 1 unspecified atom stereocenters. The van der Waals surface area contributed by atoms with Crippen molar-refractivity contribution in [3.8, 4) is 0 Å². The van der Waals surface area contributed by atoms with Gasteiger partial charge < -0.3 is 10.3 Å². The molecule has 16 heavy (non-hydrogen) atoms. The first-order valence-corrected chi connectivity index (χ1v) is 6.69. The molecule has 0 aromatic carbocycles. The smallest absolute Gasteiger partial charge is 0.0307 e. The van der Waals surface area contributed by atoms with Gasteiger partial charge >= 0.3 is 0 Å². The molecule has 1 aromatic rings. The van der Waals surface area contributed by atoms with E-state index in [9.17, 15) is 0 Å². The molecule has 0 amide bonds. The zero-order valence-electron chi connectivity index (χ0n) is 10.8. The predicted octanol–water partition coefficient (Wildman–Crippen LogP) is 3.87. The predicted molar refractivity (Wildman–Crippen MR) is 70.4 cm³/mol. The molecule has 0 aliphatic heterocycles. The summed E-state index contributed by atoms with van der Waals surface area (Å²) >= 11 is 0. The Labute approximate surface area is 99.8 Å².